The molecule has 2 rings (SSSR count). The van der Waals surface area contributed by atoms with Gasteiger partial charge in [-0.25, -0.2) is 0 Å². The molecule has 0 radical (unpaired) electrons. The fourth-order valence-electron chi connectivity index (χ4n) is 2.78. The van der Waals surface area contributed by atoms with Gasteiger partial charge in [-0.2, -0.15) is 0 Å². The second-order valence-electron chi connectivity index (χ2n) is 6.39. The van der Waals surface area contributed by atoms with Crippen LogP contribution in [0.1, 0.15) is 46.5 Å². The predicted octanol–water partition coefficient (Wildman–Crippen LogP) is 1.80. The third-order valence-electron chi connectivity index (χ3n) is 4.37. The Morgan fingerprint density at radius 1 is 1.05 bits per heavy atom. The molecule has 2 amide bonds. The Morgan fingerprint density at radius 2 is 1.63 bits per heavy atom. The molecule has 2 fully saturated rings. The molecule has 0 aromatic carbocycles. The van der Waals surface area contributed by atoms with E-state index in [2.05, 4.69) is 12.2 Å². The number of hydrogen-bond donors (Lipinski definition) is 1. The standard InChI is InChI=1S/C15H26N2O2/c1-10(2)15(19)17-8-6-13(7-9-17)14(18)16-11(3)12-4-5-12/h10-13H,4-9H2,1-3H3,(H,16,18)/t11-/m1/s1. The number of piperidine rings is 1. The maximum atomic E-state index is 12.1. The molecule has 1 saturated heterocycles. The van der Waals surface area contributed by atoms with Crippen LogP contribution >= 0.6 is 0 Å². The number of likely N-dealkylation sites (tertiary alicyclic amines) is 1. The molecule has 1 aliphatic heterocycles. The van der Waals surface area contributed by atoms with Crippen molar-refractivity contribution in [1.82, 2.24) is 10.2 Å². The van der Waals surface area contributed by atoms with E-state index in [1.54, 1.807) is 0 Å². The molecule has 1 atom stereocenters. The molecule has 0 aromatic rings. The van der Waals surface area contributed by atoms with E-state index in [0.717, 1.165) is 25.9 Å². The zero-order valence-electron chi connectivity index (χ0n) is 12.3. The van der Waals surface area contributed by atoms with Gasteiger partial charge in [0.15, 0.2) is 0 Å². The molecule has 2 aliphatic rings. The molecule has 1 saturated carbocycles. The highest BCUT2D eigenvalue weighted by atomic mass is 16.2. The first kappa shape index (κ1) is 14.4. The molecular weight excluding hydrogens is 240 g/mol. The Hall–Kier alpha value is -1.06. The summed E-state index contributed by atoms with van der Waals surface area (Å²) < 4.78 is 0. The Balaban J connectivity index is 1.75. The molecule has 1 aliphatic carbocycles. The second-order valence-corrected chi connectivity index (χ2v) is 6.39. The van der Waals surface area contributed by atoms with Crippen molar-refractivity contribution in [2.24, 2.45) is 17.8 Å². The summed E-state index contributed by atoms with van der Waals surface area (Å²) >= 11 is 0. The predicted molar refractivity (Wildman–Crippen MR) is 74.5 cm³/mol. The summed E-state index contributed by atoms with van der Waals surface area (Å²) in [6.07, 6.45) is 4.12. The van der Waals surface area contributed by atoms with Gasteiger partial charge in [0.1, 0.15) is 0 Å². The van der Waals surface area contributed by atoms with Crippen molar-refractivity contribution in [1.29, 1.82) is 0 Å². The Bertz CT molecular complexity index is 342. The SMILES string of the molecule is CC(C)C(=O)N1CCC(C(=O)N[C@H](C)C2CC2)CC1. The van der Waals surface area contributed by atoms with Crippen molar-refractivity contribution in [3.63, 3.8) is 0 Å². The molecule has 4 heteroatoms. The van der Waals surface area contributed by atoms with E-state index in [4.69, 9.17) is 0 Å². The fraction of sp³-hybridized carbons (Fsp3) is 0.867. The quantitative estimate of drug-likeness (QED) is 0.843. The Morgan fingerprint density at radius 3 is 2.11 bits per heavy atom. The lowest BCUT2D eigenvalue weighted by atomic mass is 9.94. The van der Waals surface area contributed by atoms with Gasteiger partial charge in [0, 0.05) is 31.0 Å². The second kappa shape index (κ2) is 5.93. The van der Waals surface area contributed by atoms with Crippen LogP contribution < -0.4 is 5.32 Å². The molecule has 108 valence electrons. The number of nitrogens with one attached hydrogen (secondary N) is 1. The van der Waals surface area contributed by atoms with E-state index in [0.29, 0.717) is 12.0 Å². The summed E-state index contributed by atoms with van der Waals surface area (Å²) in [5.74, 6) is 1.26. The summed E-state index contributed by atoms with van der Waals surface area (Å²) in [4.78, 5) is 25.9. The van der Waals surface area contributed by atoms with Crippen LogP contribution in [-0.4, -0.2) is 35.8 Å². The number of carbonyl (C=O) groups excluding carboxylic acids is 2. The zero-order valence-corrected chi connectivity index (χ0v) is 12.3. The average Bonchev–Trinajstić information content (AvgIpc) is 3.22. The van der Waals surface area contributed by atoms with E-state index in [1.807, 2.05) is 18.7 Å². The van der Waals surface area contributed by atoms with Crippen LogP contribution in [0.5, 0.6) is 0 Å². The van der Waals surface area contributed by atoms with Crippen molar-refractivity contribution in [2.75, 3.05) is 13.1 Å². The van der Waals surface area contributed by atoms with Crippen LogP contribution in [0.3, 0.4) is 0 Å². The minimum Gasteiger partial charge on any atom is -0.353 e. The van der Waals surface area contributed by atoms with Crippen molar-refractivity contribution in [3.05, 3.63) is 0 Å². The highest BCUT2D eigenvalue weighted by molar-refractivity contribution is 5.81. The van der Waals surface area contributed by atoms with Gasteiger partial charge in [0.25, 0.3) is 0 Å². The number of hydrogen-bond acceptors (Lipinski definition) is 2. The summed E-state index contributed by atoms with van der Waals surface area (Å²) in [5, 5.41) is 3.14. The Labute approximate surface area is 115 Å². The van der Waals surface area contributed by atoms with Gasteiger partial charge in [0.05, 0.1) is 0 Å². The van der Waals surface area contributed by atoms with Crippen molar-refractivity contribution < 1.29 is 9.59 Å². The van der Waals surface area contributed by atoms with Crippen molar-refractivity contribution >= 4 is 11.8 Å². The van der Waals surface area contributed by atoms with E-state index in [9.17, 15) is 9.59 Å². The van der Waals surface area contributed by atoms with Gasteiger partial charge >= 0.3 is 0 Å². The third-order valence-corrected chi connectivity index (χ3v) is 4.37. The number of amides is 2. The Kier molecular flexibility index (Phi) is 4.48. The molecule has 0 spiro atoms. The molecule has 0 aromatic heterocycles. The van der Waals surface area contributed by atoms with Gasteiger partial charge in [-0.3, -0.25) is 9.59 Å². The van der Waals surface area contributed by atoms with Gasteiger partial charge in [-0.05, 0) is 38.5 Å². The minimum atomic E-state index is 0.0558. The lowest BCUT2D eigenvalue weighted by molar-refractivity contribution is -0.138. The number of nitrogens with zero attached hydrogens (tertiary/aromatic N) is 1. The van der Waals surface area contributed by atoms with Crippen LogP contribution in [-0.2, 0) is 9.59 Å². The van der Waals surface area contributed by atoms with Gasteiger partial charge < -0.3 is 10.2 Å². The number of carbonyl (C=O) groups is 2. The van der Waals surface area contributed by atoms with Crippen molar-refractivity contribution in [3.8, 4) is 0 Å². The van der Waals surface area contributed by atoms with E-state index in [1.165, 1.54) is 12.8 Å². The molecule has 19 heavy (non-hydrogen) atoms. The lowest BCUT2D eigenvalue weighted by Gasteiger charge is -2.33. The molecule has 1 N–H and O–H groups in total. The van der Waals surface area contributed by atoms with E-state index < -0.39 is 0 Å². The maximum Gasteiger partial charge on any atom is 0.225 e. The molecule has 0 bridgehead atoms. The number of rotatable bonds is 4. The van der Waals surface area contributed by atoms with Crippen LogP contribution in [0.25, 0.3) is 0 Å². The minimum absolute atomic E-state index is 0.0558. The average molecular weight is 266 g/mol. The third kappa shape index (κ3) is 3.71. The first-order chi connectivity index (χ1) is 8.99. The monoisotopic (exact) mass is 266 g/mol. The highest BCUT2D eigenvalue weighted by Crippen LogP contribution is 2.32. The maximum absolute atomic E-state index is 12.1. The van der Waals surface area contributed by atoms with Gasteiger partial charge in [-0.1, -0.05) is 13.8 Å². The summed E-state index contributed by atoms with van der Waals surface area (Å²) in [6, 6.07) is 0.322. The summed E-state index contributed by atoms with van der Waals surface area (Å²) in [6.45, 7) is 7.42. The normalized spacial score (nSPS) is 22.4. The van der Waals surface area contributed by atoms with E-state index in [-0.39, 0.29) is 23.7 Å². The highest BCUT2D eigenvalue weighted by Gasteiger charge is 2.32. The van der Waals surface area contributed by atoms with Gasteiger partial charge in [0.2, 0.25) is 11.8 Å². The van der Waals surface area contributed by atoms with Crippen molar-refractivity contribution in [2.45, 2.75) is 52.5 Å². The van der Waals surface area contributed by atoms with Gasteiger partial charge in [-0.15, -0.1) is 0 Å². The topological polar surface area (TPSA) is 49.4 Å². The lowest BCUT2D eigenvalue weighted by Crippen LogP contribution is -2.46. The molecule has 0 unspecified atom stereocenters. The van der Waals surface area contributed by atoms with Crippen LogP contribution in [0.15, 0.2) is 0 Å². The summed E-state index contributed by atoms with van der Waals surface area (Å²) in [7, 11) is 0. The molecule has 4 nitrogen and oxygen atoms in total. The smallest absolute Gasteiger partial charge is 0.225 e. The molecule has 1 heterocycles. The van der Waals surface area contributed by atoms with Crippen LogP contribution in [0.4, 0.5) is 0 Å². The van der Waals surface area contributed by atoms with Crippen LogP contribution in [0.2, 0.25) is 0 Å². The van der Waals surface area contributed by atoms with E-state index >= 15 is 0 Å². The largest absolute Gasteiger partial charge is 0.353 e. The first-order valence-corrected chi connectivity index (χ1v) is 7.58. The zero-order chi connectivity index (χ0) is 14.0. The van der Waals surface area contributed by atoms with Crippen LogP contribution in [0, 0.1) is 17.8 Å². The fourth-order valence-corrected chi connectivity index (χ4v) is 2.78. The first-order valence-electron chi connectivity index (χ1n) is 7.58. The summed E-state index contributed by atoms with van der Waals surface area (Å²) in [5.41, 5.74) is 0. The molecular formula is C15H26N2O2.